The first-order chi connectivity index (χ1) is 12.6. The van der Waals surface area contributed by atoms with Crippen LogP contribution in [0.5, 0.6) is 5.75 Å². The monoisotopic (exact) mass is 372 g/mol. The first kappa shape index (κ1) is 17.2. The Balaban J connectivity index is 1.62. The van der Waals surface area contributed by atoms with E-state index in [9.17, 15) is 4.39 Å². The molecule has 2 N–H and O–H groups in total. The van der Waals surface area contributed by atoms with E-state index >= 15 is 0 Å². The zero-order valence-electron chi connectivity index (χ0n) is 14.6. The van der Waals surface area contributed by atoms with Gasteiger partial charge in [0.1, 0.15) is 22.6 Å². The number of aromatic nitrogens is 2. The van der Waals surface area contributed by atoms with Crippen molar-refractivity contribution >= 4 is 27.4 Å². The lowest BCUT2D eigenvalue weighted by Gasteiger charge is -2.27. The van der Waals surface area contributed by atoms with E-state index < -0.39 is 6.17 Å². The molecule has 0 bridgehead atoms. The summed E-state index contributed by atoms with van der Waals surface area (Å²) in [5.74, 6) is 1.84. The molecule has 3 heterocycles. The number of anilines is 1. The van der Waals surface area contributed by atoms with E-state index in [0.29, 0.717) is 24.5 Å². The van der Waals surface area contributed by atoms with Gasteiger partial charge in [0.15, 0.2) is 5.82 Å². The number of alkyl halides is 1. The van der Waals surface area contributed by atoms with Crippen LogP contribution in [-0.4, -0.2) is 41.2 Å². The number of hydrogen-bond donors (Lipinski definition) is 1. The second-order valence-electron chi connectivity index (χ2n) is 6.55. The molecule has 7 heteroatoms. The van der Waals surface area contributed by atoms with Crippen LogP contribution in [0.4, 0.5) is 10.2 Å². The van der Waals surface area contributed by atoms with Crippen molar-refractivity contribution in [1.29, 1.82) is 0 Å². The summed E-state index contributed by atoms with van der Waals surface area (Å²) >= 11 is 1.63. The van der Waals surface area contributed by atoms with Gasteiger partial charge in [0.2, 0.25) is 0 Å². The van der Waals surface area contributed by atoms with Gasteiger partial charge in [0, 0.05) is 30.1 Å². The summed E-state index contributed by atoms with van der Waals surface area (Å²) in [6.45, 7) is 2.40. The zero-order valence-corrected chi connectivity index (χ0v) is 15.4. The van der Waals surface area contributed by atoms with E-state index in [-0.39, 0.29) is 0 Å². The predicted molar refractivity (Wildman–Crippen MR) is 103 cm³/mol. The van der Waals surface area contributed by atoms with Crippen molar-refractivity contribution in [2.24, 2.45) is 0 Å². The molecule has 4 rings (SSSR count). The van der Waals surface area contributed by atoms with Crippen LogP contribution in [0.15, 0.2) is 30.3 Å². The van der Waals surface area contributed by atoms with E-state index in [0.717, 1.165) is 41.2 Å². The number of benzene rings is 1. The summed E-state index contributed by atoms with van der Waals surface area (Å²) < 4.78 is 18.6. The van der Waals surface area contributed by atoms with Crippen LogP contribution in [0.2, 0.25) is 0 Å². The molecule has 0 atom stereocenters. The lowest BCUT2D eigenvalue weighted by molar-refractivity contribution is 0.146. The minimum atomic E-state index is -0.652. The van der Waals surface area contributed by atoms with Gasteiger partial charge in [-0.3, -0.25) is 4.90 Å². The molecule has 0 radical (unpaired) electrons. The topological polar surface area (TPSA) is 64.3 Å². The van der Waals surface area contributed by atoms with Crippen LogP contribution >= 0.6 is 11.3 Å². The average molecular weight is 372 g/mol. The van der Waals surface area contributed by atoms with Crippen LogP contribution < -0.4 is 10.5 Å². The number of hydrogen-bond acceptors (Lipinski definition) is 6. The van der Waals surface area contributed by atoms with E-state index in [1.165, 1.54) is 4.88 Å². The summed E-state index contributed by atoms with van der Waals surface area (Å²) in [7, 11) is 1.63. The van der Waals surface area contributed by atoms with Crippen molar-refractivity contribution in [2.45, 2.75) is 25.6 Å². The highest BCUT2D eigenvalue weighted by atomic mass is 32.1. The zero-order chi connectivity index (χ0) is 18.1. The Hall–Kier alpha value is -2.25. The summed E-state index contributed by atoms with van der Waals surface area (Å²) in [5, 5.41) is 0.886. The van der Waals surface area contributed by atoms with Crippen molar-refractivity contribution in [3.8, 4) is 17.1 Å². The number of piperidine rings is 1. The van der Waals surface area contributed by atoms with Gasteiger partial charge in [0.05, 0.1) is 12.5 Å². The number of nitrogen functional groups attached to an aromatic ring is 1. The molecule has 3 aromatic rings. The van der Waals surface area contributed by atoms with Gasteiger partial charge >= 0.3 is 0 Å². The first-order valence-electron chi connectivity index (χ1n) is 8.69. The third kappa shape index (κ3) is 3.50. The highest BCUT2D eigenvalue weighted by Gasteiger charge is 2.19. The fraction of sp³-hybridized carbons (Fsp3) is 0.368. The molecule has 0 unspecified atom stereocenters. The molecular formula is C19H21FN4OS. The molecule has 136 valence electrons. The maximum Gasteiger partial charge on any atom is 0.163 e. The van der Waals surface area contributed by atoms with Crippen molar-refractivity contribution in [3.05, 3.63) is 35.2 Å². The molecule has 1 aromatic carbocycles. The molecule has 0 aliphatic carbocycles. The normalized spacial score (nSPS) is 16.2. The van der Waals surface area contributed by atoms with Gasteiger partial charge in [-0.25, -0.2) is 14.4 Å². The van der Waals surface area contributed by atoms with Crippen LogP contribution in [0.3, 0.4) is 0 Å². The standard InChI is InChI=1S/C19H21FN4OS/c1-25-14-4-2-3-12(9-14)18-22-17(21)16-10-15(26-19(16)23-18)11-24-7-5-13(20)6-8-24/h2-4,9-10,13H,5-8,11H2,1H3,(H2,21,22,23). The smallest absolute Gasteiger partial charge is 0.163 e. The highest BCUT2D eigenvalue weighted by Crippen LogP contribution is 2.32. The van der Waals surface area contributed by atoms with Gasteiger partial charge in [-0.15, -0.1) is 11.3 Å². The maximum absolute atomic E-state index is 13.3. The highest BCUT2D eigenvalue weighted by molar-refractivity contribution is 7.18. The Kier molecular flexibility index (Phi) is 4.74. The Morgan fingerprint density at radius 3 is 2.85 bits per heavy atom. The molecule has 1 fully saturated rings. The van der Waals surface area contributed by atoms with Gasteiger partial charge in [-0.05, 0) is 31.0 Å². The average Bonchev–Trinajstić information content (AvgIpc) is 3.07. The van der Waals surface area contributed by atoms with Gasteiger partial charge in [-0.1, -0.05) is 12.1 Å². The number of nitrogens with zero attached hydrogens (tertiary/aromatic N) is 3. The fourth-order valence-electron chi connectivity index (χ4n) is 3.24. The molecule has 26 heavy (non-hydrogen) atoms. The minimum absolute atomic E-state index is 0.484. The van der Waals surface area contributed by atoms with E-state index in [2.05, 4.69) is 16.0 Å². The van der Waals surface area contributed by atoms with Crippen molar-refractivity contribution < 1.29 is 9.13 Å². The van der Waals surface area contributed by atoms with Crippen molar-refractivity contribution in [3.63, 3.8) is 0 Å². The predicted octanol–water partition coefficient (Wildman–Crippen LogP) is 3.88. The molecule has 0 saturated carbocycles. The number of methoxy groups -OCH3 is 1. The number of thiophene rings is 1. The summed E-state index contributed by atoms with van der Waals surface area (Å²) in [6.07, 6.45) is 0.584. The minimum Gasteiger partial charge on any atom is -0.497 e. The van der Waals surface area contributed by atoms with Crippen molar-refractivity contribution in [2.75, 3.05) is 25.9 Å². The second kappa shape index (κ2) is 7.17. The largest absolute Gasteiger partial charge is 0.497 e. The summed E-state index contributed by atoms with van der Waals surface area (Å²) in [6, 6.07) is 9.70. The lowest BCUT2D eigenvalue weighted by atomic mass is 10.1. The van der Waals surface area contributed by atoms with Crippen LogP contribution in [-0.2, 0) is 6.54 Å². The number of rotatable bonds is 4. The second-order valence-corrected chi connectivity index (χ2v) is 7.66. The number of likely N-dealkylation sites (tertiary alicyclic amines) is 1. The van der Waals surface area contributed by atoms with Crippen LogP contribution in [0, 0.1) is 0 Å². The van der Waals surface area contributed by atoms with E-state index in [1.807, 2.05) is 24.3 Å². The van der Waals surface area contributed by atoms with Crippen LogP contribution in [0.1, 0.15) is 17.7 Å². The first-order valence-corrected chi connectivity index (χ1v) is 9.51. The van der Waals surface area contributed by atoms with Crippen molar-refractivity contribution in [1.82, 2.24) is 14.9 Å². The SMILES string of the molecule is COc1cccc(-c2nc(N)c3cc(CN4CCC(F)CC4)sc3n2)c1. The molecule has 1 saturated heterocycles. The van der Waals surface area contributed by atoms with E-state index in [1.54, 1.807) is 18.4 Å². The third-order valence-electron chi connectivity index (χ3n) is 4.70. The molecule has 2 aromatic heterocycles. The Morgan fingerprint density at radius 1 is 1.27 bits per heavy atom. The Labute approximate surface area is 155 Å². The molecule has 1 aliphatic rings. The number of ether oxygens (including phenoxy) is 1. The quantitative estimate of drug-likeness (QED) is 0.753. The van der Waals surface area contributed by atoms with E-state index in [4.69, 9.17) is 15.5 Å². The number of nitrogens with two attached hydrogens (primary N) is 1. The molecule has 0 amide bonds. The summed E-state index contributed by atoms with van der Waals surface area (Å²) in [4.78, 5) is 13.5. The van der Waals surface area contributed by atoms with Crippen LogP contribution in [0.25, 0.3) is 21.6 Å². The van der Waals surface area contributed by atoms with Gasteiger partial charge in [0.25, 0.3) is 0 Å². The Bertz CT molecular complexity index is 921. The lowest BCUT2D eigenvalue weighted by Crippen LogP contribution is -2.33. The molecular weight excluding hydrogens is 351 g/mol. The van der Waals surface area contributed by atoms with Gasteiger partial charge < -0.3 is 10.5 Å². The molecule has 1 aliphatic heterocycles. The Morgan fingerprint density at radius 2 is 2.08 bits per heavy atom. The number of fused-ring (bicyclic) bond motifs is 1. The van der Waals surface area contributed by atoms with Gasteiger partial charge in [-0.2, -0.15) is 0 Å². The maximum atomic E-state index is 13.3. The molecule has 5 nitrogen and oxygen atoms in total. The summed E-state index contributed by atoms with van der Waals surface area (Å²) in [5.41, 5.74) is 7.06. The molecule has 0 spiro atoms. The number of halogens is 1. The third-order valence-corrected chi connectivity index (χ3v) is 5.71. The fourth-order valence-corrected chi connectivity index (χ4v) is 4.32.